The Labute approximate surface area is 147 Å². The number of ether oxygens (including phenoxy) is 1. The summed E-state index contributed by atoms with van der Waals surface area (Å²) in [6.45, 7) is 1.85. The molecule has 3 aromatic rings. The molecule has 2 N–H and O–H groups in total. The van der Waals surface area contributed by atoms with Crippen LogP contribution in [0.15, 0.2) is 46.2 Å². The van der Waals surface area contributed by atoms with Gasteiger partial charge in [-0.05, 0) is 43.3 Å². The molecular formula is C17H15N3O4S. The zero-order valence-electron chi connectivity index (χ0n) is 13.5. The lowest BCUT2D eigenvalue weighted by Gasteiger charge is -2.06. The van der Waals surface area contributed by atoms with Gasteiger partial charge in [-0.3, -0.25) is 10.1 Å². The van der Waals surface area contributed by atoms with E-state index in [9.17, 15) is 9.59 Å². The number of nitrogens with zero attached hydrogens (tertiary/aromatic N) is 1. The van der Waals surface area contributed by atoms with Crippen molar-refractivity contribution < 1.29 is 18.7 Å². The summed E-state index contributed by atoms with van der Waals surface area (Å²) in [6, 6.07) is 10.3. The number of anilines is 2. The average molecular weight is 357 g/mol. The van der Waals surface area contributed by atoms with Crippen molar-refractivity contribution in [3.8, 4) is 10.8 Å². The van der Waals surface area contributed by atoms with Crippen LogP contribution in [0.1, 0.15) is 16.2 Å². The van der Waals surface area contributed by atoms with Crippen molar-refractivity contribution in [2.24, 2.45) is 0 Å². The number of nitrogens with one attached hydrogen (secondary N) is 2. The van der Waals surface area contributed by atoms with Crippen molar-refractivity contribution in [1.82, 2.24) is 4.98 Å². The molecule has 0 saturated heterocycles. The number of furan rings is 1. The third kappa shape index (κ3) is 4.04. The highest BCUT2D eigenvalue weighted by molar-refractivity contribution is 7.13. The molecular weight excluding hydrogens is 342 g/mol. The molecule has 3 rings (SSSR count). The predicted molar refractivity (Wildman–Crippen MR) is 95.0 cm³/mol. The van der Waals surface area contributed by atoms with E-state index in [1.807, 2.05) is 19.1 Å². The molecule has 0 aliphatic rings. The molecule has 0 radical (unpaired) electrons. The van der Waals surface area contributed by atoms with Crippen LogP contribution >= 0.6 is 11.3 Å². The van der Waals surface area contributed by atoms with Gasteiger partial charge in [-0.15, -0.1) is 11.3 Å². The van der Waals surface area contributed by atoms with E-state index in [2.05, 4.69) is 20.4 Å². The topological polar surface area (TPSA) is 93.5 Å². The van der Waals surface area contributed by atoms with Gasteiger partial charge in [0, 0.05) is 16.8 Å². The summed E-state index contributed by atoms with van der Waals surface area (Å²) in [7, 11) is 1.29. The zero-order valence-corrected chi connectivity index (χ0v) is 14.3. The van der Waals surface area contributed by atoms with E-state index < -0.39 is 6.09 Å². The van der Waals surface area contributed by atoms with E-state index in [1.54, 1.807) is 29.6 Å². The summed E-state index contributed by atoms with van der Waals surface area (Å²) in [5.74, 6) is 1.11. The number of methoxy groups -OCH3 is 1. The standard InChI is InChI=1S/C17H15N3O4S/c1-10-3-8-14(24-10)16-20-13(9-25-16)15(21)18-11-4-6-12(7-5-11)19-17(22)23-2/h3-9H,1-2H3,(H,18,21)(H,19,22). The Hall–Kier alpha value is -3.13. The lowest BCUT2D eigenvalue weighted by Crippen LogP contribution is -2.13. The fourth-order valence-corrected chi connectivity index (χ4v) is 2.80. The van der Waals surface area contributed by atoms with Gasteiger partial charge in [-0.25, -0.2) is 9.78 Å². The lowest BCUT2D eigenvalue weighted by atomic mass is 10.2. The number of aromatic nitrogens is 1. The molecule has 0 fully saturated rings. The average Bonchev–Trinajstić information content (AvgIpc) is 3.25. The van der Waals surface area contributed by atoms with Crippen LogP contribution in [0.25, 0.3) is 10.8 Å². The maximum Gasteiger partial charge on any atom is 0.411 e. The third-order valence-corrected chi connectivity index (χ3v) is 4.12. The number of benzene rings is 1. The molecule has 2 aromatic heterocycles. The largest absolute Gasteiger partial charge is 0.459 e. The van der Waals surface area contributed by atoms with E-state index in [-0.39, 0.29) is 5.91 Å². The third-order valence-electron chi connectivity index (χ3n) is 3.26. The molecule has 2 amide bonds. The van der Waals surface area contributed by atoms with Crippen LogP contribution < -0.4 is 10.6 Å². The van der Waals surface area contributed by atoms with Gasteiger partial charge in [0.1, 0.15) is 11.5 Å². The normalized spacial score (nSPS) is 10.3. The minimum Gasteiger partial charge on any atom is -0.459 e. The molecule has 0 atom stereocenters. The molecule has 128 valence electrons. The molecule has 0 aliphatic carbocycles. The molecule has 0 spiro atoms. The van der Waals surface area contributed by atoms with E-state index in [1.165, 1.54) is 18.4 Å². The molecule has 1 aromatic carbocycles. The molecule has 0 unspecified atom stereocenters. The van der Waals surface area contributed by atoms with E-state index in [4.69, 9.17) is 4.42 Å². The lowest BCUT2D eigenvalue weighted by molar-refractivity contribution is 0.102. The van der Waals surface area contributed by atoms with Gasteiger partial charge in [0.2, 0.25) is 0 Å². The van der Waals surface area contributed by atoms with Crippen LogP contribution in [-0.4, -0.2) is 24.1 Å². The van der Waals surface area contributed by atoms with Gasteiger partial charge in [0.25, 0.3) is 5.91 Å². The number of aryl methyl sites for hydroxylation is 1. The van der Waals surface area contributed by atoms with E-state index in [0.717, 1.165) is 5.76 Å². The molecule has 2 heterocycles. The quantitative estimate of drug-likeness (QED) is 0.732. The summed E-state index contributed by atoms with van der Waals surface area (Å²) in [5.41, 5.74) is 1.46. The van der Waals surface area contributed by atoms with Gasteiger partial charge in [0.15, 0.2) is 10.8 Å². The van der Waals surface area contributed by atoms with Gasteiger partial charge in [-0.2, -0.15) is 0 Å². The highest BCUT2D eigenvalue weighted by Gasteiger charge is 2.14. The number of amides is 2. The molecule has 25 heavy (non-hydrogen) atoms. The summed E-state index contributed by atoms with van der Waals surface area (Å²) < 4.78 is 10.0. The Balaban J connectivity index is 1.66. The summed E-state index contributed by atoms with van der Waals surface area (Å²) >= 11 is 1.34. The number of thiazole rings is 1. The van der Waals surface area contributed by atoms with Crippen LogP contribution in [0.4, 0.5) is 16.2 Å². The number of carbonyl (C=O) groups excluding carboxylic acids is 2. The molecule has 0 saturated carbocycles. The second-order valence-corrected chi connectivity index (χ2v) is 5.95. The Morgan fingerprint density at radius 3 is 2.36 bits per heavy atom. The fraction of sp³-hybridized carbons (Fsp3) is 0.118. The van der Waals surface area contributed by atoms with Crippen LogP contribution in [0.3, 0.4) is 0 Å². The van der Waals surface area contributed by atoms with Crippen LogP contribution in [0, 0.1) is 6.92 Å². The Morgan fingerprint density at radius 2 is 1.76 bits per heavy atom. The van der Waals surface area contributed by atoms with Crippen LogP contribution in [0.2, 0.25) is 0 Å². The number of rotatable bonds is 4. The Bertz CT molecular complexity index is 899. The fourth-order valence-electron chi connectivity index (χ4n) is 2.04. The molecule has 0 aliphatic heterocycles. The SMILES string of the molecule is COC(=O)Nc1ccc(NC(=O)c2csc(-c3ccc(C)o3)n2)cc1. The summed E-state index contributed by atoms with van der Waals surface area (Å²) in [4.78, 5) is 27.7. The monoisotopic (exact) mass is 357 g/mol. The number of carbonyl (C=O) groups is 2. The number of hydrogen-bond donors (Lipinski definition) is 2. The first-order valence-electron chi connectivity index (χ1n) is 7.34. The van der Waals surface area contributed by atoms with Crippen LogP contribution in [-0.2, 0) is 4.74 Å². The molecule has 7 nitrogen and oxygen atoms in total. The minimum absolute atomic E-state index is 0.311. The second kappa shape index (κ2) is 7.18. The maximum atomic E-state index is 12.3. The van der Waals surface area contributed by atoms with Crippen molar-refractivity contribution in [2.45, 2.75) is 6.92 Å². The summed E-state index contributed by atoms with van der Waals surface area (Å²) in [5, 5.41) is 7.61. The number of hydrogen-bond acceptors (Lipinski definition) is 6. The van der Waals surface area contributed by atoms with Crippen molar-refractivity contribution in [2.75, 3.05) is 17.7 Å². The smallest absolute Gasteiger partial charge is 0.411 e. The zero-order chi connectivity index (χ0) is 17.8. The molecule has 8 heteroatoms. The van der Waals surface area contributed by atoms with Gasteiger partial charge < -0.3 is 14.5 Å². The van der Waals surface area contributed by atoms with Gasteiger partial charge in [0.05, 0.1) is 7.11 Å². The van der Waals surface area contributed by atoms with Crippen molar-refractivity contribution >= 4 is 34.7 Å². The van der Waals surface area contributed by atoms with Gasteiger partial charge in [-0.1, -0.05) is 0 Å². The second-order valence-electron chi connectivity index (χ2n) is 5.10. The van der Waals surface area contributed by atoms with Crippen molar-refractivity contribution in [1.29, 1.82) is 0 Å². The molecule has 0 bridgehead atoms. The highest BCUT2D eigenvalue weighted by atomic mass is 32.1. The minimum atomic E-state index is -0.556. The van der Waals surface area contributed by atoms with Gasteiger partial charge >= 0.3 is 6.09 Å². The van der Waals surface area contributed by atoms with Crippen LogP contribution in [0.5, 0.6) is 0 Å². The maximum absolute atomic E-state index is 12.3. The summed E-state index contributed by atoms with van der Waals surface area (Å²) in [6.07, 6.45) is -0.556. The Morgan fingerprint density at radius 1 is 1.08 bits per heavy atom. The van der Waals surface area contributed by atoms with E-state index >= 15 is 0 Å². The van der Waals surface area contributed by atoms with Crippen molar-refractivity contribution in [3.63, 3.8) is 0 Å². The van der Waals surface area contributed by atoms with E-state index in [0.29, 0.717) is 27.8 Å². The first kappa shape index (κ1) is 16.7. The Kier molecular flexibility index (Phi) is 4.80. The highest BCUT2D eigenvalue weighted by Crippen LogP contribution is 2.26. The first-order chi connectivity index (χ1) is 12.0. The van der Waals surface area contributed by atoms with Crippen molar-refractivity contribution in [3.05, 3.63) is 53.2 Å². The first-order valence-corrected chi connectivity index (χ1v) is 8.22. The predicted octanol–water partition coefficient (Wildman–Crippen LogP) is 4.14.